The second-order valence-electron chi connectivity index (χ2n) is 5.36. The van der Waals surface area contributed by atoms with Crippen molar-refractivity contribution < 1.29 is 0 Å². The fourth-order valence-electron chi connectivity index (χ4n) is 2.79. The minimum absolute atomic E-state index is 0.841. The van der Waals surface area contributed by atoms with Crippen molar-refractivity contribution >= 4 is 21.6 Å². The molecule has 1 saturated heterocycles. The molecule has 1 aliphatic rings. The topological polar surface area (TPSA) is 29.3 Å². The monoisotopic (exact) mass is 310 g/mol. The fourth-order valence-corrected chi connectivity index (χ4v) is 3.04. The average molecular weight is 311 g/mol. The van der Waals surface area contributed by atoms with Gasteiger partial charge in [0.1, 0.15) is 0 Å². The zero-order valence-corrected chi connectivity index (χ0v) is 12.7. The summed E-state index contributed by atoms with van der Waals surface area (Å²) in [7, 11) is 0. The molecule has 0 amide bonds. The van der Waals surface area contributed by atoms with Crippen molar-refractivity contribution in [3.63, 3.8) is 0 Å². The van der Waals surface area contributed by atoms with E-state index in [1.807, 2.05) is 0 Å². The molecule has 1 aromatic rings. The van der Waals surface area contributed by atoms with Crippen LogP contribution in [0, 0.1) is 5.92 Å². The van der Waals surface area contributed by atoms with Crippen molar-refractivity contribution in [1.29, 1.82) is 0 Å². The molecule has 2 rings (SSSR count). The van der Waals surface area contributed by atoms with Gasteiger partial charge >= 0.3 is 0 Å². The highest BCUT2D eigenvalue weighted by atomic mass is 79.9. The Hall–Kier alpha value is -0.540. The standard InChI is InChI=1S/C15H23BrN2/c1-2-3-12-6-8-18(9-7-12)11-13-4-5-14(16)15(17)10-13/h4-5,10,12H,2-3,6-9,11,17H2,1H3. The SMILES string of the molecule is CCCC1CCN(Cc2ccc(Br)c(N)c2)CC1. The van der Waals surface area contributed by atoms with E-state index in [9.17, 15) is 0 Å². The zero-order valence-electron chi connectivity index (χ0n) is 11.2. The van der Waals surface area contributed by atoms with E-state index in [0.717, 1.165) is 22.6 Å². The third-order valence-corrected chi connectivity index (χ3v) is 4.59. The van der Waals surface area contributed by atoms with Crippen molar-refractivity contribution in [1.82, 2.24) is 4.90 Å². The Morgan fingerprint density at radius 3 is 2.67 bits per heavy atom. The molecular formula is C15H23BrN2. The van der Waals surface area contributed by atoms with Crippen LogP contribution < -0.4 is 5.73 Å². The lowest BCUT2D eigenvalue weighted by Gasteiger charge is -2.31. The van der Waals surface area contributed by atoms with Gasteiger partial charge in [0.2, 0.25) is 0 Å². The maximum atomic E-state index is 5.92. The summed E-state index contributed by atoms with van der Waals surface area (Å²) in [6.07, 6.45) is 5.45. The summed E-state index contributed by atoms with van der Waals surface area (Å²) in [5.41, 5.74) is 8.09. The van der Waals surface area contributed by atoms with Crippen LogP contribution in [-0.2, 0) is 6.54 Å². The number of nitrogens with zero attached hydrogens (tertiary/aromatic N) is 1. The molecule has 0 spiro atoms. The van der Waals surface area contributed by atoms with Crippen molar-refractivity contribution in [2.45, 2.75) is 39.2 Å². The molecule has 0 unspecified atom stereocenters. The minimum atomic E-state index is 0.841. The lowest BCUT2D eigenvalue weighted by Crippen LogP contribution is -2.33. The van der Waals surface area contributed by atoms with Gasteiger partial charge in [-0.3, -0.25) is 4.90 Å². The van der Waals surface area contributed by atoms with Gasteiger partial charge in [-0.05, 0) is 65.5 Å². The number of likely N-dealkylation sites (tertiary alicyclic amines) is 1. The lowest BCUT2D eigenvalue weighted by atomic mass is 9.92. The van der Waals surface area contributed by atoms with Gasteiger partial charge in [-0.25, -0.2) is 0 Å². The molecule has 2 N–H and O–H groups in total. The molecule has 0 radical (unpaired) electrons. The molecule has 0 aromatic heterocycles. The molecule has 1 aliphatic heterocycles. The van der Waals surface area contributed by atoms with Crippen LogP contribution in [0.4, 0.5) is 5.69 Å². The third-order valence-electron chi connectivity index (χ3n) is 3.87. The highest BCUT2D eigenvalue weighted by Crippen LogP contribution is 2.25. The van der Waals surface area contributed by atoms with Gasteiger partial charge < -0.3 is 5.73 Å². The molecule has 1 fully saturated rings. The largest absolute Gasteiger partial charge is 0.398 e. The van der Waals surface area contributed by atoms with E-state index in [2.05, 4.69) is 46.0 Å². The Bertz CT molecular complexity index is 384. The predicted octanol–water partition coefficient (Wildman–Crippen LogP) is 4.04. The second-order valence-corrected chi connectivity index (χ2v) is 6.22. The van der Waals surface area contributed by atoms with Crippen molar-refractivity contribution in [2.75, 3.05) is 18.8 Å². The number of anilines is 1. The number of nitrogens with two attached hydrogens (primary N) is 1. The molecule has 2 nitrogen and oxygen atoms in total. The summed E-state index contributed by atoms with van der Waals surface area (Å²) in [4.78, 5) is 2.55. The maximum Gasteiger partial charge on any atom is 0.0461 e. The van der Waals surface area contributed by atoms with E-state index < -0.39 is 0 Å². The molecule has 18 heavy (non-hydrogen) atoms. The summed E-state index contributed by atoms with van der Waals surface area (Å²) >= 11 is 3.44. The molecule has 0 aliphatic carbocycles. The lowest BCUT2D eigenvalue weighted by molar-refractivity contribution is 0.172. The second kappa shape index (κ2) is 6.58. The average Bonchev–Trinajstić information content (AvgIpc) is 2.37. The van der Waals surface area contributed by atoms with Crippen LogP contribution in [0.2, 0.25) is 0 Å². The Kier molecular flexibility index (Phi) is 5.07. The van der Waals surface area contributed by atoms with Gasteiger partial charge in [0, 0.05) is 16.7 Å². The summed E-state index contributed by atoms with van der Waals surface area (Å²) in [6.45, 7) is 5.80. The molecule has 1 heterocycles. The molecule has 100 valence electrons. The Labute approximate surface area is 119 Å². The van der Waals surface area contributed by atoms with Crippen LogP contribution in [0.25, 0.3) is 0 Å². The van der Waals surface area contributed by atoms with Crippen molar-refractivity contribution in [3.8, 4) is 0 Å². The highest BCUT2D eigenvalue weighted by Gasteiger charge is 2.18. The number of hydrogen-bond acceptors (Lipinski definition) is 2. The number of piperidine rings is 1. The van der Waals surface area contributed by atoms with Crippen molar-refractivity contribution in [2.24, 2.45) is 5.92 Å². The smallest absolute Gasteiger partial charge is 0.0461 e. The molecule has 0 saturated carbocycles. The van der Waals surface area contributed by atoms with E-state index >= 15 is 0 Å². The van der Waals surface area contributed by atoms with Crippen LogP contribution in [0.1, 0.15) is 38.2 Å². The van der Waals surface area contributed by atoms with Gasteiger partial charge in [0.05, 0.1) is 0 Å². The first-order valence-corrected chi connectivity index (χ1v) is 7.74. The van der Waals surface area contributed by atoms with E-state index in [4.69, 9.17) is 5.73 Å². The molecule has 3 heteroatoms. The summed E-state index contributed by atoms with van der Waals surface area (Å²) < 4.78 is 0.993. The first-order chi connectivity index (χ1) is 8.69. The number of hydrogen-bond donors (Lipinski definition) is 1. The Balaban J connectivity index is 1.85. The van der Waals surface area contributed by atoms with Crippen LogP contribution in [-0.4, -0.2) is 18.0 Å². The van der Waals surface area contributed by atoms with Gasteiger partial charge in [-0.1, -0.05) is 25.8 Å². The van der Waals surface area contributed by atoms with Crippen LogP contribution in [0.3, 0.4) is 0 Å². The first-order valence-electron chi connectivity index (χ1n) is 6.95. The molecule has 0 bridgehead atoms. The van der Waals surface area contributed by atoms with Crippen LogP contribution in [0.15, 0.2) is 22.7 Å². The first kappa shape index (κ1) is 13.9. The van der Waals surface area contributed by atoms with Gasteiger partial charge in [-0.15, -0.1) is 0 Å². The van der Waals surface area contributed by atoms with E-state index in [1.165, 1.54) is 44.3 Å². The molecular weight excluding hydrogens is 288 g/mol. The fraction of sp³-hybridized carbons (Fsp3) is 0.600. The van der Waals surface area contributed by atoms with Crippen LogP contribution >= 0.6 is 15.9 Å². The van der Waals surface area contributed by atoms with Gasteiger partial charge in [0.25, 0.3) is 0 Å². The third kappa shape index (κ3) is 3.72. The predicted molar refractivity (Wildman–Crippen MR) is 81.5 cm³/mol. The number of benzene rings is 1. The number of rotatable bonds is 4. The Morgan fingerprint density at radius 2 is 2.06 bits per heavy atom. The van der Waals surface area contributed by atoms with Gasteiger partial charge in [0.15, 0.2) is 0 Å². The Morgan fingerprint density at radius 1 is 1.33 bits per heavy atom. The quantitative estimate of drug-likeness (QED) is 0.850. The minimum Gasteiger partial charge on any atom is -0.398 e. The number of halogens is 1. The van der Waals surface area contributed by atoms with Crippen molar-refractivity contribution in [3.05, 3.63) is 28.2 Å². The maximum absolute atomic E-state index is 5.92. The van der Waals surface area contributed by atoms with E-state index in [0.29, 0.717) is 0 Å². The highest BCUT2D eigenvalue weighted by molar-refractivity contribution is 9.10. The van der Waals surface area contributed by atoms with E-state index in [1.54, 1.807) is 0 Å². The number of nitrogen functional groups attached to an aromatic ring is 1. The normalized spacial score (nSPS) is 18.1. The molecule has 0 atom stereocenters. The summed E-state index contributed by atoms with van der Waals surface area (Å²) in [5.74, 6) is 0.959. The summed E-state index contributed by atoms with van der Waals surface area (Å²) in [5, 5.41) is 0. The summed E-state index contributed by atoms with van der Waals surface area (Å²) in [6, 6.07) is 6.30. The van der Waals surface area contributed by atoms with Gasteiger partial charge in [-0.2, -0.15) is 0 Å². The zero-order chi connectivity index (χ0) is 13.0. The molecule has 1 aromatic carbocycles. The van der Waals surface area contributed by atoms with E-state index in [-0.39, 0.29) is 0 Å². The van der Waals surface area contributed by atoms with Crippen LogP contribution in [0.5, 0.6) is 0 Å².